The molecule has 0 radical (unpaired) electrons. The number of carbonyl (C=O) groups excluding carboxylic acids is 1. The van der Waals surface area contributed by atoms with Crippen LogP contribution in [0.4, 0.5) is 4.39 Å². The normalized spacial score (nSPS) is 11.7. The Hall–Kier alpha value is -3.31. The first kappa shape index (κ1) is 22.4. The fourth-order valence-corrected chi connectivity index (χ4v) is 3.75. The number of aromatic nitrogens is 2. The fraction of sp³-hybridized carbons (Fsp3) is 0.250. The lowest BCUT2D eigenvalue weighted by molar-refractivity contribution is 0.0749. The van der Waals surface area contributed by atoms with Crippen molar-refractivity contribution in [1.82, 2.24) is 19.2 Å². The molecule has 0 fully saturated rings. The van der Waals surface area contributed by atoms with Gasteiger partial charge in [0.05, 0.1) is 11.3 Å². The molecule has 0 aliphatic rings. The molecule has 2 heterocycles. The maximum absolute atomic E-state index is 13.2. The van der Waals surface area contributed by atoms with Gasteiger partial charge in [-0.15, -0.1) is 0 Å². The van der Waals surface area contributed by atoms with E-state index in [1.54, 1.807) is 6.07 Å². The van der Waals surface area contributed by atoms with Gasteiger partial charge in [-0.3, -0.25) is 14.6 Å². The van der Waals surface area contributed by atoms with Crippen molar-refractivity contribution in [2.24, 2.45) is 0 Å². The van der Waals surface area contributed by atoms with E-state index in [2.05, 4.69) is 9.97 Å². The van der Waals surface area contributed by atoms with Gasteiger partial charge in [0, 0.05) is 33.4 Å². The Bertz CT molecular complexity index is 1270. The van der Waals surface area contributed by atoms with Gasteiger partial charge in [0.15, 0.2) is 5.75 Å². The second kappa shape index (κ2) is 8.82. The van der Waals surface area contributed by atoms with Gasteiger partial charge in [0.25, 0.3) is 11.5 Å². The number of aromatic amines is 1. The van der Waals surface area contributed by atoms with E-state index in [0.717, 1.165) is 9.21 Å². The van der Waals surface area contributed by atoms with Crippen LogP contribution in [0.1, 0.15) is 15.9 Å². The van der Waals surface area contributed by atoms with Crippen LogP contribution in [-0.2, 0) is 16.6 Å². The van der Waals surface area contributed by atoms with E-state index in [1.807, 2.05) is 0 Å². The lowest BCUT2D eigenvalue weighted by Crippen LogP contribution is -2.39. The standard InChI is InChI=1S/C20H21FN4O5S/c1-24(2)31(29,30)11-10-25(12-13-5-7-14(21)8-6-13)20(28)16-18(26)17-15(23-19(16)27)4-3-9-22-17/h3-9H,10-12H2,1-2H3,(H2,23,26,27). The molecule has 3 aromatic rings. The molecule has 2 aromatic heterocycles. The molecule has 0 aliphatic carbocycles. The number of aromatic hydroxyl groups is 1. The smallest absolute Gasteiger partial charge is 0.265 e. The average Bonchev–Trinajstić information content (AvgIpc) is 2.72. The van der Waals surface area contributed by atoms with E-state index in [1.165, 1.54) is 50.6 Å². The third kappa shape index (κ3) is 4.89. The second-order valence-electron chi connectivity index (χ2n) is 7.03. The monoisotopic (exact) mass is 448 g/mol. The predicted octanol–water partition coefficient (Wildman–Crippen LogP) is 1.30. The van der Waals surface area contributed by atoms with Crippen molar-refractivity contribution < 1.29 is 22.7 Å². The Morgan fingerprint density at radius 2 is 1.87 bits per heavy atom. The van der Waals surface area contributed by atoms with Crippen LogP contribution in [0, 0.1) is 5.82 Å². The summed E-state index contributed by atoms with van der Waals surface area (Å²) >= 11 is 0. The summed E-state index contributed by atoms with van der Waals surface area (Å²) in [6, 6.07) is 8.39. The molecule has 2 N–H and O–H groups in total. The average molecular weight is 448 g/mol. The van der Waals surface area contributed by atoms with Crippen LogP contribution in [0.5, 0.6) is 5.75 Å². The van der Waals surface area contributed by atoms with Gasteiger partial charge in [-0.2, -0.15) is 0 Å². The Kier molecular flexibility index (Phi) is 6.37. The minimum absolute atomic E-state index is 0.0353. The van der Waals surface area contributed by atoms with E-state index < -0.39 is 44.4 Å². The molecule has 0 bridgehead atoms. The van der Waals surface area contributed by atoms with E-state index in [9.17, 15) is 27.5 Å². The summed E-state index contributed by atoms with van der Waals surface area (Å²) < 4.78 is 38.7. The lowest BCUT2D eigenvalue weighted by Gasteiger charge is -2.24. The van der Waals surface area contributed by atoms with Crippen molar-refractivity contribution in [3.05, 3.63) is 69.9 Å². The molecule has 0 unspecified atom stereocenters. The largest absolute Gasteiger partial charge is 0.505 e. The number of pyridine rings is 2. The number of amides is 1. The number of fused-ring (bicyclic) bond motifs is 1. The number of rotatable bonds is 7. The molecule has 0 atom stereocenters. The van der Waals surface area contributed by atoms with Crippen molar-refractivity contribution in [3.63, 3.8) is 0 Å². The van der Waals surface area contributed by atoms with Gasteiger partial charge in [-0.1, -0.05) is 12.1 Å². The first-order valence-electron chi connectivity index (χ1n) is 9.24. The summed E-state index contributed by atoms with van der Waals surface area (Å²) in [5.41, 5.74) is -0.570. The Morgan fingerprint density at radius 1 is 1.19 bits per heavy atom. The van der Waals surface area contributed by atoms with Crippen LogP contribution in [-0.4, -0.2) is 65.0 Å². The minimum atomic E-state index is -3.64. The number of benzene rings is 1. The zero-order valence-electron chi connectivity index (χ0n) is 16.9. The Balaban J connectivity index is 2.01. The maximum atomic E-state index is 13.2. The molecular formula is C20H21FN4O5S. The summed E-state index contributed by atoms with van der Waals surface area (Å²) in [6.45, 7) is -0.350. The van der Waals surface area contributed by atoms with Gasteiger partial charge in [-0.25, -0.2) is 17.1 Å². The number of nitrogens with zero attached hydrogens (tertiary/aromatic N) is 3. The van der Waals surface area contributed by atoms with E-state index >= 15 is 0 Å². The van der Waals surface area contributed by atoms with Crippen molar-refractivity contribution in [2.45, 2.75) is 6.54 Å². The Labute approximate surface area is 177 Å². The highest BCUT2D eigenvalue weighted by molar-refractivity contribution is 7.89. The zero-order valence-corrected chi connectivity index (χ0v) is 17.7. The second-order valence-corrected chi connectivity index (χ2v) is 9.33. The number of halogens is 1. The van der Waals surface area contributed by atoms with Gasteiger partial charge in [0.1, 0.15) is 16.9 Å². The molecule has 0 spiro atoms. The van der Waals surface area contributed by atoms with Gasteiger partial charge in [-0.05, 0) is 29.8 Å². The predicted molar refractivity (Wildman–Crippen MR) is 113 cm³/mol. The molecule has 11 heteroatoms. The molecule has 31 heavy (non-hydrogen) atoms. The third-order valence-electron chi connectivity index (χ3n) is 4.71. The number of carbonyl (C=O) groups is 1. The molecule has 1 amide bonds. The van der Waals surface area contributed by atoms with Gasteiger partial charge < -0.3 is 15.0 Å². The molecule has 1 aromatic carbocycles. The van der Waals surface area contributed by atoms with Crippen LogP contribution in [0.15, 0.2) is 47.4 Å². The zero-order chi connectivity index (χ0) is 22.8. The first-order chi connectivity index (χ1) is 14.6. The summed E-state index contributed by atoms with van der Waals surface area (Å²) in [5, 5.41) is 10.6. The van der Waals surface area contributed by atoms with Crippen LogP contribution in [0.3, 0.4) is 0 Å². The number of hydrogen-bond donors (Lipinski definition) is 2. The molecule has 0 saturated heterocycles. The highest BCUT2D eigenvalue weighted by Crippen LogP contribution is 2.24. The van der Waals surface area contributed by atoms with Gasteiger partial charge in [0.2, 0.25) is 10.0 Å². The van der Waals surface area contributed by atoms with Crippen molar-refractivity contribution >= 4 is 27.0 Å². The molecule has 9 nitrogen and oxygen atoms in total. The van der Waals surface area contributed by atoms with Gasteiger partial charge >= 0.3 is 0 Å². The first-order valence-corrected chi connectivity index (χ1v) is 10.8. The van der Waals surface area contributed by atoms with Crippen LogP contribution in [0.2, 0.25) is 0 Å². The summed E-state index contributed by atoms with van der Waals surface area (Å²) in [5.74, 6) is -2.34. The minimum Gasteiger partial charge on any atom is -0.505 e. The summed E-state index contributed by atoms with van der Waals surface area (Å²) in [6.07, 6.45) is 1.40. The van der Waals surface area contributed by atoms with E-state index in [0.29, 0.717) is 5.56 Å². The van der Waals surface area contributed by atoms with Crippen LogP contribution in [0.25, 0.3) is 11.0 Å². The number of H-pyrrole nitrogens is 1. The Morgan fingerprint density at radius 3 is 2.52 bits per heavy atom. The van der Waals surface area contributed by atoms with Crippen LogP contribution < -0.4 is 5.56 Å². The van der Waals surface area contributed by atoms with E-state index in [-0.39, 0.29) is 24.1 Å². The highest BCUT2D eigenvalue weighted by atomic mass is 32.2. The van der Waals surface area contributed by atoms with E-state index in [4.69, 9.17) is 0 Å². The molecule has 164 valence electrons. The van der Waals surface area contributed by atoms with Crippen molar-refractivity contribution in [2.75, 3.05) is 26.4 Å². The molecular weight excluding hydrogens is 427 g/mol. The number of nitrogens with one attached hydrogen (secondary N) is 1. The van der Waals surface area contributed by atoms with Crippen LogP contribution >= 0.6 is 0 Å². The molecule has 0 aliphatic heterocycles. The van der Waals surface area contributed by atoms with Crippen molar-refractivity contribution in [1.29, 1.82) is 0 Å². The maximum Gasteiger partial charge on any atom is 0.265 e. The van der Waals surface area contributed by atoms with Crippen molar-refractivity contribution in [3.8, 4) is 5.75 Å². The molecule has 3 rings (SSSR count). The summed E-state index contributed by atoms with van der Waals surface area (Å²) in [4.78, 5) is 33.4. The quantitative estimate of drug-likeness (QED) is 0.562. The highest BCUT2D eigenvalue weighted by Gasteiger charge is 2.27. The lowest BCUT2D eigenvalue weighted by atomic mass is 10.1. The number of hydrogen-bond acceptors (Lipinski definition) is 6. The topological polar surface area (TPSA) is 124 Å². The number of sulfonamides is 1. The summed E-state index contributed by atoms with van der Waals surface area (Å²) in [7, 11) is -0.908. The third-order valence-corrected chi connectivity index (χ3v) is 6.52. The molecule has 0 saturated carbocycles. The fourth-order valence-electron chi connectivity index (χ4n) is 2.93. The SMILES string of the molecule is CN(C)S(=O)(=O)CCN(Cc1ccc(F)cc1)C(=O)c1c(O)c2ncccc2[nH]c1=O.